The number of alkyl halides is 2. The lowest BCUT2D eigenvalue weighted by Gasteiger charge is -2.36. The van der Waals surface area contributed by atoms with E-state index in [0.717, 1.165) is 0 Å². The molecule has 0 aromatic heterocycles. The van der Waals surface area contributed by atoms with E-state index in [1.54, 1.807) is 24.3 Å². The van der Waals surface area contributed by atoms with Gasteiger partial charge in [0.2, 0.25) is 0 Å². The normalized spacial score (nSPS) is 14.3. The summed E-state index contributed by atoms with van der Waals surface area (Å²) >= 11 is 0. The van der Waals surface area contributed by atoms with Crippen molar-refractivity contribution in [2.24, 2.45) is 0 Å². The molecule has 0 unspecified atom stereocenters. The van der Waals surface area contributed by atoms with Crippen LogP contribution >= 0.6 is 0 Å². The van der Waals surface area contributed by atoms with Gasteiger partial charge in [-0.3, -0.25) is 14.9 Å². The van der Waals surface area contributed by atoms with Crippen molar-refractivity contribution in [3.63, 3.8) is 0 Å². The average molecular weight is 377 g/mol. The molecule has 1 fully saturated rings. The van der Waals surface area contributed by atoms with Crippen LogP contribution in [0.5, 0.6) is 5.75 Å². The minimum absolute atomic E-state index is 0.00737. The number of hydrogen-bond donors (Lipinski definition) is 0. The molecule has 1 aliphatic rings. The van der Waals surface area contributed by atoms with Crippen molar-refractivity contribution in [1.29, 1.82) is 0 Å². The van der Waals surface area contributed by atoms with E-state index in [2.05, 4.69) is 4.74 Å². The van der Waals surface area contributed by atoms with E-state index < -0.39 is 17.4 Å². The largest absolute Gasteiger partial charge is 0.434 e. The van der Waals surface area contributed by atoms with Gasteiger partial charge in [-0.1, -0.05) is 24.3 Å². The van der Waals surface area contributed by atoms with Gasteiger partial charge in [-0.15, -0.1) is 0 Å². The molecule has 0 N–H and O–H groups in total. The lowest BCUT2D eigenvalue weighted by molar-refractivity contribution is -0.384. The van der Waals surface area contributed by atoms with Crippen LogP contribution in [0, 0.1) is 10.1 Å². The van der Waals surface area contributed by atoms with Crippen LogP contribution in [0.2, 0.25) is 0 Å². The first-order valence-electron chi connectivity index (χ1n) is 8.29. The van der Waals surface area contributed by atoms with Crippen LogP contribution in [0.1, 0.15) is 10.4 Å². The van der Waals surface area contributed by atoms with Crippen LogP contribution in [0.25, 0.3) is 0 Å². The molecule has 142 valence electrons. The molecule has 0 spiro atoms. The second-order valence-corrected chi connectivity index (χ2v) is 5.90. The molecule has 1 amide bonds. The van der Waals surface area contributed by atoms with Crippen molar-refractivity contribution in [3.05, 3.63) is 64.2 Å². The van der Waals surface area contributed by atoms with E-state index >= 15 is 0 Å². The Hall–Kier alpha value is -3.23. The van der Waals surface area contributed by atoms with Crippen molar-refractivity contribution in [3.8, 4) is 5.75 Å². The molecule has 1 saturated heterocycles. The lowest BCUT2D eigenvalue weighted by Crippen LogP contribution is -2.49. The first-order valence-corrected chi connectivity index (χ1v) is 8.29. The Kier molecular flexibility index (Phi) is 5.49. The maximum Gasteiger partial charge on any atom is 0.387 e. The summed E-state index contributed by atoms with van der Waals surface area (Å²) in [6.07, 6.45) is 0. The first-order chi connectivity index (χ1) is 13.0. The van der Waals surface area contributed by atoms with Crippen LogP contribution in [-0.4, -0.2) is 48.5 Å². The highest BCUT2D eigenvalue weighted by molar-refractivity contribution is 5.97. The van der Waals surface area contributed by atoms with Gasteiger partial charge in [-0.25, -0.2) is 0 Å². The minimum Gasteiger partial charge on any atom is -0.434 e. The zero-order valence-corrected chi connectivity index (χ0v) is 14.3. The fourth-order valence-electron chi connectivity index (χ4n) is 3.05. The summed E-state index contributed by atoms with van der Waals surface area (Å²) in [5, 5.41) is 11.2. The number of piperazine rings is 1. The SMILES string of the molecule is O=C(c1ccccc1OC(F)F)N1CCN(c2ccccc2[N+](=O)[O-])CC1. The Morgan fingerprint density at radius 2 is 1.67 bits per heavy atom. The zero-order chi connectivity index (χ0) is 19.4. The van der Waals surface area contributed by atoms with Gasteiger partial charge in [0.1, 0.15) is 11.4 Å². The monoisotopic (exact) mass is 377 g/mol. The van der Waals surface area contributed by atoms with Crippen molar-refractivity contribution < 1.29 is 23.2 Å². The van der Waals surface area contributed by atoms with Crippen LogP contribution in [0.3, 0.4) is 0 Å². The molecule has 0 saturated carbocycles. The highest BCUT2D eigenvalue weighted by Crippen LogP contribution is 2.29. The van der Waals surface area contributed by atoms with E-state index in [9.17, 15) is 23.7 Å². The van der Waals surface area contributed by atoms with Crippen molar-refractivity contribution in [2.45, 2.75) is 6.61 Å². The number of benzene rings is 2. The predicted molar refractivity (Wildman–Crippen MR) is 94.3 cm³/mol. The number of carbonyl (C=O) groups excluding carboxylic acids is 1. The number of ether oxygens (including phenoxy) is 1. The highest BCUT2D eigenvalue weighted by atomic mass is 19.3. The van der Waals surface area contributed by atoms with E-state index in [-0.39, 0.29) is 17.0 Å². The molecule has 1 aliphatic heterocycles. The molecule has 3 rings (SSSR count). The summed E-state index contributed by atoms with van der Waals surface area (Å²) in [6.45, 7) is -1.60. The number of carbonyl (C=O) groups is 1. The fraction of sp³-hybridized carbons (Fsp3) is 0.278. The number of rotatable bonds is 5. The fourth-order valence-corrected chi connectivity index (χ4v) is 3.05. The number of hydrogen-bond acceptors (Lipinski definition) is 5. The predicted octanol–water partition coefficient (Wildman–Crippen LogP) is 3.16. The molecule has 0 bridgehead atoms. The number of halogens is 2. The molecule has 2 aromatic carbocycles. The molecule has 7 nitrogen and oxygen atoms in total. The molecule has 9 heteroatoms. The molecule has 0 radical (unpaired) electrons. The summed E-state index contributed by atoms with van der Waals surface area (Å²) in [4.78, 5) is 26.8. The molecule has 0 atom stereocenters. The number of nitrogens with zero attached hydrogens (tertiary/aromatic N) is 3. The number of anilines is 1. The van der Waals surface area contributed by atoms with Crippen LogP contribution in [-0.2, 0) is 0 Å². The van der Waals surface area contributed by atoms with Crippen LogP contribution in [0.15, 0.2) is 48.5 Å². The lowest BCUT2D eigenvalue weighted by atomic mass is 10.1. The quantitative estimate of drug-likeness (QED) is 0.591. The molecule has 27 heavy (non-hydrogen) atoms. The van der Waals surface area contributed by atoms with Crippen LogP contribution in [0.4, 0.5) is 20.2 Å². The van der Waals surface area contributed by atoms with E-state index in [4.69, 9.17) is 0 Å². The third-order valence-electron chi connectivity index (χ3n) is 4.32. The summed E-state index contributed by atoms with van der Waals surface area (Å²) in [5.41, 5.74) is 0.570. The molecule has 0 aliphatic carbocycles. The van der Waals surface area contributed by atoms with Gasteiger partial charge in [0.15, 0.2) is 0 Å². The highest BCUT2D eigenvalue weighted by Gasteiger charge is 2.27. The number of para-hydroxylation sites is 3. The molecular formula is C18H17F2N3O4. The third kappa shape index (κ3) is 4.13. The third-order valence-corrected chi connectivity index (χ3v) is 4.32. The summed E-state index contributed by atoms with van der Waals surface area (Å²) in [7, 11) is 0. The smallest absolute Gasteiger partial charge is 0.387 e. The van der Waals surface area contributed by atoms with Gasteiger partial charge < -0.3 is 14.5 Å². The van der Waals surface area contributed by atoms with Crippen molar-refractivity contribution >= 4 is 17.3 Å². The first kappa shape index (κ1) is 18.6. The molecular weight excluding hydrogens is 360 g/mol. The molecule has 1 heterocycles. The van der Waals surface area contributed by atoms with Gasteiger partial charge in [-0.2, -0.15) is 8.78 Å². The van der Waals surface area contributed by atoms with Gasteiger partial charge in [0.25, 0.3) is 11.6 Å². The Morgan fingerprint density at radius 3 is 2.33 bits per heavy atom. The summed E-state index contributed by atoms with van der Waals surface area (Å²) in [5.74, 6) is -0.577. The minimum atomic E-state index is -3.02. The number of amides is 1. The second kappa shape index (κ2) is 7.98. The van der Waals surface area contributed by atoms with E-state index in [1.165, 1.54) is 29.2 Å². The summed E-state index contributed by atoms with van der Waals surface area (Å²) in [6, 6.07) is 12.3. The van der Waals surface area contributed by atoms with Gasteiger partial charge in [0, 0.05) is 32.2 Å². The van der Waals surface area contributed by atoms with E-state index in [1.807, 2.05) is 4.90 Å². The second-order valence-electron chi connectivity index (χ2n) is 5.90. The molecule has 2 aromatic rings. The van der Waals surface area contributed by atoms with Gasteiger partial charge >= 0.3 is 6.61 Å². The zero-order valence-electron chi connectivity index (χ0n) is 14.3. The van der Waals surface area contributed by atoms with Gasteiger partial charge in [-0.05, 0) is 18.2 Å². The summed E-state index contributed by atoms with van der Waals surface area (Å²) < 4.78 is 29.5. The maximum absolute atomic E-state index is 12.7. The Morgan fingerprint density at radius 1 is 1.04 bits per heavy atom. The Labute approximate surface area is 153 Å². The number of nitro benzene ring substituents is 1. The maximum atomic E-state index is 12.7. The van der Waals surface area contributed by atoms with Gasteiger partial charge in [0.05, 0.1) is 10.5 Å². The topological polar surface area (TPSA) is 75.9 Å². The number of nitro groups is 1. The van der Waals surface area contributed by atoms with Crippen LogP contribution < -0.4 is 9.64 Å². The Bertz CT molecular complexity index is 839. The average Bonchev–Trinajstić information content (AvgIpc) is 2.67. The van der Waals surface area contributed by atoms with E-state index in [0.29, 0.717) is 31.9 Å². The van der Waals surface area contributed by atoms with Crippen molar-refractivity contribution in [1.82, 2.24) is 4.90 Å². The van der Waals surface area contributed by atoms with Crippen molar-refractivity contribution in [2.75, 3.05) is 31.1 Å². The standard InChI is InChI=1S/C18H17F2N3O4/c19-18(20)27-16-8-4-1-5-13(16)17(24)22-11-9-21(10-12-22)14-6-2-3-7-15(14)23(25)26/h1-8,18H,9-12H2. The Balaban J connectivity index is 1.72.